The second-order valence-corrected chi connectivity index (χ2v) is 12.7. The Balaban J connectivity index is -0.0000000111. The number of rotatable bonds is 25. The Morgan fingerprint density at radius 1 is 0.231 bits per heavy atom. The van der Waals surface area contributed by atoms with Crippen LogP contribution < -0.4 is 0 Å². The highest BCUT2D eigenvalue weighted by Crippen LogP contribution is 2.13. The smallest absolute Gasteiger partial charge is 0.0697 e. The summed E-state index contributed by atoms with van der Waals surface area (Å²) in [4.78, 5) is 0. The van der Waals surface area contributed by atoms with E-state index in [-0.39, 0.29) is 147 Å². The standard InChI is InChI=1S/C20H42O2.C18H2.5C3H8O.C2H6O2.14CH4.16H2/c1-2-3-4-5-6-7-8-9-10-11-12-13-14-15-16-17-19-22-20-18-21;1-3-5-7-9-11-13-15-17-18-16-14-12-10-8-6-4-2;5*1-2-3-4;3-1-2-4;;;;;;;;;;;;;;;;;;;;;;;;;;;;;;/h21H,2-20H2,1H3;1-2H;5*4H,2-3H2,1H3;3-4H,1-2H2;14*1H4;16*1H. The Kier molecular flexibility index (Phi) is 366. The third-order valence-corrected chi connectivity index (χ3v) is 6.55. The summed E-state index contributed by atoms with van der Waals surface area (Å²) in [5.41, 5.74) is 0. The molecule has 0 aromatic heterocycles. The van der Waals surface area contributed by atoms with Crippen LogP contribution in [-0.2, 0) is 4.74 Å². The van der Waals surface area contributed by atoms with E-state index in [9.17, 15) is 0 Å². The molecule has 9 heteroatoms. The lowest BCUT2D eigenvalue weighted by molar-refractivity contribution is 0.0895. The highest BCUT2D eigenvalue weighted by molar-refractivity contribution is 5.46. The molecule has 0 aromatic carbocycles. The van der Waals surface area contributed by atoms with Crippen molar-refractivity contribution in [2.24, 2.45) is 0 Å². The van der Waals surface area contributed by atoms with E-state index in [4.69, 9.17) is 58.4 Å². The van der Waals surface area contributed by atoms with Crippen LogP contribution in [0, 0.1) is 108 Å². The third-order valence-electron chi connectivity index (χ3n) is 6.55. The van der Waals surface area contributed by atoms with Crippen molar-refractivity contribution in [1.29, 1.82) is 0 Å². The molecule has 0 saturated carbocycles. The average molecular weight is 1150 g/mol. The van der Waals surface area contributed by atoms with E-state index in [2.05, 4.69) is 102 Å². The van der Waals surface area contributed by atoms with Gasteiger partial charge in [-0.25, -0.2) is 0 Å². The predicted molar refractivity (Wildman–Crippen MR) is 399 cm³/mol. The van der Waals surface area contributed by atoms with Crippen molar-refractivity contribution in [3.8, 4) is 108 Å². The molecule has 78 heavy (non-hydrogen) atoms. The molecule has 0 aliphatic heterocycles. The summed E-state index contributed by atoms with van der Waals surface area (Å²) >= 11 is 0. The lowest BCUT2D eigenvalue weighted by Gasteiger charge is -2.04. The number of aliphatic hydroxyl groups excluding tert-OH is 8. The van der Waals surface area contributed by atoms with Gasteiger partial charge in [0.25, 0.3) is 0 Å². The number of hydrogen-bond donors (Lipinski definition) is 8. The van der Waals surface area contributed by atoms with E-state index >= 15 is 0 Å². The van der Waals surface area contributed by atoms with Crippen LogP contribution in [0.2, 0.25) is 0 Å². The highest BCUT2D eigenvalue weighted by atomic mass is 16.5. The number of terminal acetylenes is 2. The van der Waals surface area contributed by atoms with Crippen LogP contribution in [0.4, 0.5) is 0 Å². The summed E-state index contributed by atoms with van der Waals surface area (Å²) < 4.78 is 5.25. The predicted octanol–water partition coefficient (Wildman–Crippen LogP) is 20.3. The zero-order chi connectivity index (χ0) is 49.9. The summed E-state index contributed by atoms with van der Waals surface area (Å²) in [7, 11) is 0. The summed E-state index contributed by atoms with van der Waals surface area (Å²) in [5.74, 6) is 38.2. The fraction of sp³-hybridized carbons (Fsp3) is 0.739. The topological polar surface area (TPSA) is 171 Å². The Morgan fingerprint density at radius 3 is 0.538 bits per heavy atom. The van der Waals surface area contributed by atoms with Crippen LogP contribution in [-0.4, -0.2) is 107 Å². The first-order chi connectivity index (χ1) is 31.3. The molecular formula is C69H178O9. The molecule has 0 aliphatic rings. The first-order valence-electron chi connectivity index (χ1n) is 23.2. The SMILES string of the molecule is C.C.C.C.C.C.C.C.C.C.C.C.C.C.C#CC#CC#CC#CC#CC#CC#CC#CC#C.CCCCCCCCCCCCCCCCCCOCCO.CCCO.CCCO.CCCO.CCCO.CCCO.OCCO.[HH].[HH].[HH].[HH].[HH].[HH].[HH].[HH].[HH].[HH].[HH].[HH].[HH].[HH].[HH].[HH]. The van der Waals surface area contributed by atoms with Crippen LogP contribution in [0.15, 0.2) is 0 Å². The Bertz CT molecular complexity index is 1290. The van der Waals surface area contributed by atoms with Crippen LogP contribution in [0.5, 0.6) is 0 Å². The molecule has 0 fully saturated rings. The van der Waals surface area contributed by atoms with Crippen LogP contribution in [0.25, 0.3) is 0 Å². The lowest BCUT2D eigenvalue weighted by atomic mass is 10.0. The summed E-state index contributed by atoms with van der Waals surface area (Å²) in [6.07, 6.45) is 36.6. The minimum atomic E-state index is -0.125. The van der Waals surface area contributed by atoms with Crippen molar-refractivity contribution in [1.82, 2.24) is 0 Å². The van der Waals surface area contributed by atoms with Crippen molar-refractivity contribution in [2.75, 3.05) is 66.1 Å². The van der Waals surface area contributed by atoms with Gasteiger partial charge in [-0.15, -0.1) is 12.8 Å². The van der Waals surface area contributed by atoms with E-state index < -0.39 is 0 Å². The number of hydrogen-bond acceptors (Lipinski definition) is 9. The Morgan fingerprint density at radius 2 is 0.397 bits per heavy atom. The molecule has 0 radical (unpaired) electrons. The first kappa shape index (κ1) is 146. The molecular weight excluding hydrogens is 973 g/mol. The molecule has 0 rings (SSSR count). The second-order valence-electron chi connectivity index (χ2n) is 12.7. The van der Waals surface area contributed by atoms with Crippen LogP contribution >= 0.6 is 0 Å². The molecule has 0 bridgehead atoms. The van der Waals surface area contributed by atoms with E-state index in [1.807, 2.05) is 34.6 Å². The number of aliphatic hydroxyl groups is 8. The van der Waals surface area contributed by atoms with Crippen LogP contribution in [0.1, 0.15) is 303 Å². The average Bonchev–Trinajstić information content (AvgIpc) is 3.34. The van der Waals surface area contributed by atoms with Crippen molar-refractivity contribution < 1.29 is 68.4 Å². The van der Waals surface area contributed by atoms with E-state index in [1.165, 1.54) is 96.3 Å². The van der Waals surface area contributed by atoms with Gasteiger partial charge < -0.3 is 45.6 Å². The summed E-state index contributed by atoms with van der Waals surface area (Å²) in [6, 6.07) is 0. The fourth-order valence-electron chi connectivity index (χ4n) is 3.37. The summed E-state index contributed by atoms with van der Waals surface area (Å²) in [5, 5.41) is 63.2. The van der Waals surface area contributed by atoms with Gasteiger partial charge in [0.05, 0.1) is 26.4 Å². The van der Waals surface area contributed by atoms with Gasteiger partial charge in [-0.3, -0.25) is 0 Å². The van der Waals surface area contributed by atoms with Crippen LogP contribution in [0.3, 0.4) is 0 Å². The Hall–Kier alpha value is -4.32. The van der Waals surface area contributed by atoms with Gasteiger partial charge in [0.1, 0.15) is 0 Å². The molecule has 0 aliphatic carbocycles. The maximum absolute atomic E-state index is 8.58. The lowest BCUT2D eigenvalue weighted by Crippen LogP contribution is -2.00. The highest BCUT2D eigenvalue weighted by Gasteiger charge is 1.95. The van der Waals surface area contributed by atoms with Gasteiger partial charge in [0.15, 0.2) is 0 Å². The molecule has 9 nitrogen and oxygen atoms in total. The van der Waals surface area contributed by atoms with Crippen molar-refractivity contribution in [3.05, 3.63) is 0 Å². The molecule has 0 heterocycles. The Labute approximate surface area is 521 Å². The molecule has 0 amide bonds. The minimum Gasteiger partial charge on any atom is -0.396 e. The maximum atomic E-state index is 8.58. The van der Waals surface area contributed by atoms with E-state index in [0.717, 1.165) is 45.1 Å². The first-order valence-corrected chi connectivity index (χ1v) is 23.2. The van der Waals surface area contributed by atoms with Crippen molar-refractivity contribution >= 4 is 0 Å². The monoisotopic (exact) mass is 1150 g/mol. The third kappa shape index (κ3) is 281. The van der Waals surface area contributed by atoms with Gasteiger partial charge in [-0.05, 0) is 133 Å². The second kappa shape index (κ2) is 196. The fourth-order valence-corrected chi connectivity index (χ4v) is 3.37. The van der Waals surface area contributed by atoms with Gasteiger partial charge >= 0.3 is 0 Å². The van der Waals surface area contributed by atoms with E-state index in [1.54, 1.807) is 0 Å². The van der Waals surface area contributed by atoms with Gasteiger partial charge in [0.2, 0.25) is 0 Å². The molecule has 0 saturated heterocycles. The minimum absolute atomic E-state index is 0. The van der Waals surface area contributed by atoms with E-state index in [0.29, 0.717) is 39.6 Å². The molecule has 0 aromatic rings. The van der Waals surface area contributed by atoms with Gasteiger partial charge in [-0.1, -0.05) is 242 Å². The zero-order valence-electron chi connectivity index (χ0n) is 41.1. The van der Waals surface area contributed by atoms with Gasteiger partial charge in [-0.2, -0.15) is 0 Å². The van der Waals surface area contributed by atoms with Crippen molar-refractivity contribution in [3.63, 3.8) is 0 Å². The number of ether oxygens (including phenoxy) is 1. The molecule has 8 N–H and O–H groups in total. The quantitative estimate of drug-likeness (QED) is 0.0327. The summed E-state index contributed by atoms with van der Waals surface area (Å²) in [6.45, 7) is 14.8. The molecule has 0 spiro atoms. The molecule has 0 atom stereocenters. The normalized spacial score (nSPS) is 6.31. The number of unbranched alkanes of at least 4 members (excludes halogenated alkanes) is 15. The largest absolute Gasteiger partial charge is 0.396 e. The molecule has 508 valence electrons. The maximum Gasteiger partial charge on any atom is 0.0697 e. The van der Waals surface area contributed by atoms with Gasteiger partial charge in [0, 0.05) is 62.5 Å². The zero-order valence-corrected chi connectivity index (χ0v) is 41.1. The molecule has 0 unspecified atom stereocenters. The van der Waals surface area contributed by atoms with Crippen molar-refractivity contribution in [2.45, 2.75) is 280 Å².